The first-order valence-corrected chi connectivity index (χ1v) is 7.65. The lowest BCUT2D eigenvalue weighted by Gasteiger charge is -2.22. The Morgan fingerprint density at radius 3 is 2.78 bits per heavy atom. The molecule has 0 unspecified atom stereocenters. The van der Waals surface area contributed by atoms with Gasteiger partial charge in [-0.05, 0) is 12.5 Å². The molecule has 1 aromatic carbocycles. The Kier molecular flexibility index (Phi) is 4.25. The van der Waals surface area contributed by atoms with Gasteiger partial charge in [0.05, 0.1) is 24.8 Å². The fraction of sp³-hybridized carbons (Fsp3) is 0.353. The van der Waals surface area contributed by atoms with Crippen LogP contribution in [0.4, 0.5) is 5.82 Å². The first kappa shape index (κ1) is 15.4. The van der Waals surface area contributed by atoms with Crippen molar-refractivity contribution in [2.45, 2.75) is 26.3 Å². The summed E-state index contributed by atoms with van der Waals surface area (Å²) in [6, 6.07) is 9.66. The molecule has 6 heteroatoms. The molecule has 1 aliphatic carbocycles. The van der Waals surface area contributed by atoms with E-state index in [1.54, 1.807) is 10.7 Å². The first-order chi connectivity index (χ1) is 11.1. The van der Waals surface area contributed by atoms with Gasteiger partial charge in [-0.2, -0.15) is 5.10 Å². The minimum atomic E-state index is -0.248. The smallest absolute Gasteiger partial charge is 0.229 e. The molecule has 23 heavy (non-hydrogen) atoms. The molecule has 0 bridgehead atoms. The Hall–Kier alpha value is -2.47. The fourth-order valence-corrected chi connectivity index (χ4v) is 2.68. The number of Topliss-reactive ketones (excluding diaryl/α,β-unsaturated/α-hetero) is 1. The molecular weight excluding hydrogens is 294 g/mol. The summed E-state index contributed by atoms with van der Waals surface area (Å²) in [5, 5.41) is 16.5. The van der Waals surface area contributed by atoms with Crippen LogP contribution in [0.15, 0.2) is 30.3 Å². The molecule has 1 fully saturated rings. The Morgan fingerprint density at radius 2 is 2.13 bits per heavy atom. The third-order valence-corrected chi connectivity index (χ3v) is 4.08. The van der Waals surface area contributed by atoms with E-state index in [4.69, 9.17) is 0 Å². The number of hydrogen-bond acceptors (Lipinski definition) is 4. The van der Waals surface area contributed by atoms with E-state index in [2.05, 4.69) is 10.4 Å². The van der Waals surface area contributed by atoms with Crippen LogP contribution in [-0.4, -0.2) is 33.2 Å². The van der Waals surface area contributed by atoms with Crippen molar-refractivity contribution in [1.29, 1.82) is 0 Å². The van der Waals surface area contributed by atoms with Gasteiger partial charge in [0.2, 0.25) is 5.91 Å². The maximum absolute atomic E-state index is 12.1. The van der Waals surface area contributed by atoms with Crippen LogP contribution < -0.4 is 5.32 Å². The zero-order valence-corrected chi connectivity index (χ0v) is 13.0. The van der Waals surface area contributed by atoms with Gasteiger partial charge in [-0.15, -0.1) is 0 Å². The molecule has 1 amide bonds. The predicted octanol–water partition coefficient (Wildman–Crippen LogP) is 1.77. The predicted molar refractivity (Wildman–Crippen MR) is 85.8 cm³/mol. The number of hydrogen-bond donors (Lipinski definition) is 2. The van der Waals surface area contributed by atoms with E-state index < -0.39 is 0 Å². The van der Waals surface area contributed by atoms with Gasteiger partial charge in [-0.3, -0.25) is 9.59 Å². The van der Waals surface area contributed by atoms with E-state index in [-0.39, 0.29) is 24.2 Å². The minimum absolute atomic E-state index is 0.0698. The second kappa shape index (κ2) is 6.34. The van der Waals surface area contributed by atoms with Gasteiger partial charge in [0.15, 0.2) is 0 Å². The summed E-state index contributed by atoms with van der Waals surface area (Å²) in [5.41, 5.74) is 2.82. The Balaban J connectivity index is 1.85. The van der Waals surface area contributed by atoms with Crippen molar-refractivity contribution >= 4 is 17.5 Å². The number of amides is 1. The number of benzene rings is 1. The van der Waals surface area contributed by atoms with E-state index in [1.807, 2.05) is 31.2 Å². The number of carbonyl (C=O) groups excluding carboxylic acids is 2. The summed E-state index contributed by atoms with van der Waals surface area (Å²) in [6.07, 6.45) is 0.620. The second-order valence-electron chi connectivity index (χ2n) is 5.81. The maximum Gasteiger partial charge on any atom is 0.229 e. The lowest BCUT2D eigenvalue weighted by atomic mass is 9.83. The van der Waals surface area contributed by atoms with Crippen LogP contribution in [0, 0.1) is 12.8 Å². The minimum Gasteiger partial charge on any atom is -0.394 e. The Labute approximate surface area is 134 Å². The van der Waals surface area contributed by atoms with Gasteiger partial charge in [0, 0.05) is 24.5 Å². The Bertz CT molecular complexity index is 743. The van der Waals surface area contributed by atoms with E-state index in [1.165, 1.54) is 0 Å². The SMILES string of the molecule is Cc1ccccc1-c1cc(NC(=O)C2CC(=O)C2)n(CCO)n1. The summed E-state index contributed by atoms with van der Waals surface area (Å²) in [4.78, 5) is 23.2. The number of nitrogens with zero attached hydrogens (tertiary/aromatic N) is 2. The van der Waals surface area contributed by atoms with Gasteiger partial charge >= 0.3 is 0 Å². The number of aromatic nitrogens is 2. The Morgan fingerprint density at radius 1 is 1.39 bits per heavy atom. The number of anilines is 1. The maximum atomic E-state index is 12.1. The average molecular weight is 313 g/mol. The van der Waals surface area contributed by atoms with Crippen LogP contribution in [-0.2, 0) is 16.1 Å². The zero-order chi connectivity index (χ0) is 16.4. The normalized spacial score (nSPS) is 14.6. The first-order valence-electron chi connectivity index (χ1n) is 7.65. The van der Waals surface area contributed by atoms with Crippen molar-refractivity contribution in [1.82, 2.24) is 9.78 Å². The van der Waals surface area contributed by atoms with Crippen LogP contribution in [0.2, 0.25) is 0 Å². The number of aliphatic hydroxyl groups excluding tert-OH is 1. The quantitative estimate of drug-likeness (QED) is 0.881. The van der Waals surface area contributed by atoms with Crippen molar-refractivity contribution in [2.75, 3.05) is 11.9 Å². The van der Waals surface area contributed by atoms with Crippen LogP contribution in [0.25, 0.3) is 11.3 Å². The van der Waals surface area contributed by atoms with Crippen molar-refractivity contribution in [3.8, 4) is 11.3 Å². The third kappa shape index (κ3) is 3.17. The average Bonchev–Trinajstić information content (AvgIpc) is 2.87. The molecule has 1 aromatic heterocycles. The van der Waals surface area contributed by atoms with E-state index >= 15 is 0 Å². The molecule has 0 saturated heterocycles. The van der Waals surface area contributed by atoms with Gasteiger partial charge in [0.1, 0.15) is 11.6 Å². The number of ketones is 1. The molecule has 120 valence electrons. The van der Waals surface area contributed by atoms with Crippen molar-refractivity contribution in [2.24, 2.45) is 5.92 Å². The number of aryl methyl sites for hydroxylation is 1. The standard InChI is InChI=1S/C17H19N3O3/c1-11-4-2-3-5-14(11)15-10-16(20(19-15)6-7-21)18-17(23)12-8-13(22)9-12/h2-5,10,12,21H,6-9H2,1H3,(H,18,23). The largest absolute Gasteiger partial charge is 0.394 e. The number of aliphatic hydroxyl groups is 1. The molecule has 0 aliphatic heterocycles. The molecule has 0 atom stereocenters. The van der Waals surface area contributed by atoms with Crippen LogP contribution in [0.5, 0.6) is 0 Å². The summed E-state index contributed by atoms with van der Waals surface area (Å²) < 4.78 is 1.58. The highest BCUT2D eigenvalue weighted by atomic mass is 16.3. The molecular formula is C17H19N3O3. The van der Waals surface area contributed by atoms with E-state index in [0.717, 1.165) is 16.8 Å². The monoisotopic (exact) mass is 313 g/mol. The lowest BCUT2D eigenvalue weighted by molar-refractivity contribution is -0.135. The van der Waals surface area contributed by atoms with E-state index in [0.29, 0.717) is 25.2 Å². The molecule has 6 nitrogen and oxygen atoms in total. The second-order valence-corrected chi connectivity index (χ2v) is 5.81. The van der Waals surface area contributed by atoms with Gasteiger partial charge in [0.25, 0.3) is 0 Å². The number of carbonyl (C=O) groups is 2. The lowest BCUT2D eigenvalue weighted by Crippen LogP contribution is -2.35. The number of nitrogens with one attached hydrogen (secondary N) is 1. The molecule has 1 saturated carbocycles. The molecule has 2 N–H and O–H groups in total. The summed E-state index contributed by atoms with van der Waals surface area (Å²) >= 11 is 0. The van der Waals surface area contributed by atoms with E-state index in [9.17, 15) is 14.7 Å². The molecule has 1 heterocycles. The molecule has 1 aliphatic rings. The van der Waals surface area contributed by atoms with Crippen molar-refractivity contribution < 1.29 is 14.7 Å². The fourth-order valence-electron chi connectivity index (χ4n) is 2.68. The summed E-state index contributed by atoms with van der Waals surface area (Å²) in [6.45, 7) is 2.23. The van der Waals surface area contributed by atoms with Crippen LogP contribution in [0.3, 0.4) is 0 Å². The molecule has 2 aromatic rings. The highest BCUT2D eigenvalue weighted by molar-refractivity contribution is 6.01. The van der Waals surface area contributed by atoms with Gasteiger partial charge in [-0.1, -0.05) is 24.3 Å². The molecule has 3 rings (SSSR count). The summed E-state index contributed by atoms with van der Waals surface area (Å²) in [5.74, 6) is 0.248. The van der Waals surface area contributed by atoms with Crippen molar-refractivity contribution in [3.63, 3.8) is 0 Å². The molecule has 0 radical (unpaired) electrons. The number of rotatable bonds is 5. The third-order valence-electron chi connectivity index (χ3n) is 4.08. The topological polar surface area (TPSA) is 84.2 Å². The highest BCUT2D eigenvalue weighted by Crippen LogP contribution is 2.27. The van der Waals surface area contributed by atoms with Crippen LogP contribution in [0.1, 0.15) is 18.4 Å². The van der Waals surface area contributed by atoms with Crippen LogP contribution >= 0.6 is 0 Å². The van der Waals surface area contributed by atoms with Gasteiger partial charge < -0.3 is 10.4 Å². The molecule has 0 spiro atoms. The highest BCUT2D eigenvalue weighted by Gasteiger charge is 2.33. The summed E-state index contributed by atoms with van der Waals surface area (Å²) in [7, 11) is 0. The zero-order valence-electron chi connectivity index (χ0n) is 13.0. The van der Waals surface area contributed by atoms with Crippen molar-refractivity contribution in [3.05, 3.63) is 35.9 Å². The van der Waals surface area contributed by atoms with Gasteiger partial charge in [-0.25, -0.2) is 4.68 Å².